The van der Waals surface area contributed by atoms with Crippen LogP contribution in [0.1, 0.15) is 15.9 Å². The van der Waals surface area contributed by atoms with Crippen molar-refractivity contribution in [2.24, 2.45) is 0 Å². The van der Waals surface area contributed by atoms with E-state index in [9.17, 15) is 14.4 Å². The van der Waals surface area contributed by atoms with Crippen molar-refractivity contribution in [3.63, 3.8) is 0 Å². The van der Waals surface area contributed by atoms with Gasteiger partial charge in [-0.05, 0) is 60.3 Å². The maximum Gasteiger partial charge on any atom is 0.335 e. The Hall–Kier alpha value is -3.78. The molecule has 7 nitrogen and oxygen atoms in total. The van der Waals surface area contributed by atoms with Crippen molar-refractivity contribution in [3.05, 3.63) is 77.4 Å². The number of carboxylic acids is 1. The standard InChI is InChI=1S/C21H16N2O5S/c1-28-16-11-5-13(6-12-16)3-2-4-17-18(24)22-21(29)23(19(17)25)15-9-7-14(8-10-15)20(26)27/h2-12H,1H3,(H,26,27)(H,22,24,29)/b3-2+,17-4+. The number of nitrogens with one attached hydrogen (secondary N) is 1. The molecular weight excluding hydrogens is 392 g/mol. The monoisotopic (exact) mass is 408 g/mol. The minimum atomic E-state index is -1.08. The van der Waals surface area contributed by atoms with E-state index in [0.29, 0.717) is 5.69 Å². The second-order valence-electron chi connectivity index (χ2n) is 5.96. The molecule has 3 rings (SSSR count). The van der Waals surface area contributed by atoms with Crippen molar-refractivity contribution in [3.8, 4) is 5.75 Å². The van der Waals surface area contributed by atoms with Crippen LogP contribution < -0.4 is 15.0 Å². The molecule has 0 radical (unpaired) electrons. The number of nitrogens with zero attached hydrogens (tertiary/aromatic N) is 1. The third kappa shape index (κ3) is 4.39. The van der Waals surface area contributed by atoms with Crippen molar-refractivity contribution >= 4 is 46.9 Å². The summed E-state index contributed by atoms with van der Waals surface area (Å²) in [6.07, 6.45) is 4.74. The summed E-state index contributed by atoms with van der Waals surface area (Å²) >= 11 is 5.11. The van der Waals surface area contributed by atoms with Crippen molar-refractivity contribution in [1.82, 2.24) is 5.32 Å². The number of rotatable bonds is 5. The maximum absolute atomic E-state index is 12.8. The largest absolute Gasteiger partial charge is 0.497 e. The first-order chi connectivity index (χ1) is 13.9. The molecule has 0 aromatic heterocycles. The Morgan fingerprint density at radius 2 is 1.76 bits per heavy atom. The summed E-state index contributed by atoms with van der Waals surface area (Å²) in [6.45, 7) is 0. The summed E-state index contributed by atoms with van der Waals surface area (Å²) in [7, 11) is 1.58. The Morgan fingerprint density at radius 3 is 2.34 bits per heavy atom. The Kier molecular flexibility index (Phi) is 5.85. The fourth-order valence-electron chi connectivity index (χ4n) is 2.64. The first-order valence-corrected chi connectivity index (χ1v) is 8.87. The highest BCUT2D eigenvalue weighted by Gasteiger charge is 2.34. The minimum absolute atomic E-state index is 0.0700. The zero-order valence-electron chi connectivity index (χ0n) is 15.3. The average molecular weight is 408 g/mol. The molecule has 0 unspecified atom stereocenters. The molecule has 2 aromatic carbocycles. The second kappa shape index (κ2) is 8.49. The zero-order valence-corrected chi connectivity index (χ0v) is 16.1. The molecule has 2 aromatic rings. The second-order valence-corrected chi connectivity index (χ2v) is 6.35. The highest BCUT2D eigenvalue weighted by atomic mass is 32.1. The van der Waals surface area contributed by atoms with E-state index in [-0.39, 0.29) is 16.2 Å². The summed E-state index contributed by atoms with van der Waals surface area (Å²) in [5, 5.41) is 11.4. The lowest BCUT2D eigenvalue weighted by molar-refractivity contribution is -0.122. The van der Waals surface area contributed by atoms with Crippen LogP contribution in [-0.4, -0.2) is 35.1 Å². The Labute approximate surface area is 171 Å². The van der Waals surface area contributed by atoms with Crippen molar-refractivity contribution in [2.45, 2.75) is 0 Å². The predicted octanol–water partition coefficient (Wildman–Crippen LogP) is 2.78. The van der Waals surface area contributed by atoms with Crippen LogP contribution in [0, 0.1) is 0 Å². The van der Waals surface area contributed by atoms with Gasteiger partial charge in [0, 0.05) is 0 Å². The van der Waals surface area contributed by atoms with Gasteiger partial charge in [-0.3, -0.25) is 19.8 Å². The van der Waals surface area contributed by atoms with Crippen LogP contribution in [0.25, 0.3) is 6.08 Å². The molecule has 2 N–H and O–H groups in total. The Balaban J connectivity index is 1.84. The normalized spacial score (nSPS) is 15.7. The number of amides is 2. The van der Waals surface area contributed by atoms with Crippen molar-refractivity contribution < 1.29 is 24.2 Å². The summed E-state index contributed by atoms with van der Waals surface area (Å²) in [6, 6.07) is 12.9. The van der Waals surface area contributed by atoms with Crippen LogP contribution in [-0.2, 0) is 9.59 Å². The molecular formula is C21H16N2O5S. The highest BCUT2D eigenvalue weighted by molar-refractivity contribution is 7.80. The summed E-state index contributed by atoms with van der Waals surface area (Å²) in [5.74, 6) is -1.55. The van der Waals surface area contributed by atoms with E-state index in [0.717, 1.165) is 16.2 Å². The van der Waals surface area contributed by atoms with Crippen LogP contribution in [0.5, 0.6) is 5.75 Å². The van der Waals surface area contributed by atoms with Gasteiger partial charge in [0.25, 0.3) is 11.8 Å². The smallest absolute Gasteiger partial charge is 0.335 e. The SMILES string of the molecule is COc1ccc(/C=C/C=C2\C(=O)NC(=S)N(c3ccc(C(=O)O)cc3)C2=O)cc1. The van der Waals surface area contributed by atoms with Gasteiger partial charge in [0.05, 0.1) is 18.4 Å². The fraction of sp³-hybridized carbons (Fsp3) is 0.0476. The minimum Gasteiger partial charge on any atom is -0.497 e. The number of aromatic carboxylic acids is 1. The van der Waals surface area contributed by atoms with Crippen LogP contribution in [0.2, 0.25) is 0 Å². The van der Waals surface area contributed by atoms with Crippen LogP contribution >= 0.6 is 12.2 Å². The van der Waals surface area contributed by atoms with Gasteiger partial charge in [0.1, 0.15) is 11.3 Å². The van der Waals surface area contributed by atoms with Crippen LogP contribution in [0.3, 0.4) is 0 Å². The first-order valence-electron chi connectivity index (χ1n) is 8.46. The van der Waals surface area contributed by atoms with Gasteiger partial charge in [-0.25, -0.2) is 4.79 Å². The molecule has 146 valence electrons. The number of benzene rings is 2. The number of carbonyl (C=O) groups excluding carboxylic acids is 2. The predicted molar refractivity (Wildman–Crippen MR) is 112 cm³/mol. The molecule has 0 aliphatic carbocycles. The van der Waals surface area contributed by atoms with Crippen LogP contribution in [0.15, 0.2) is 66.3 Å². The van der Waals surface area contributed by atoms with Gasteiger partial charge < -0.3 is 9.84 Å². The Bertz CT molecular complexity index is 1040. The molecule has 29 heavy (non-hydrogen) atoms. The third-order valence-corrected chi connectivity index (χ3v) is 4.43. The third-order valence-electron chi connectivity index (χ3n) is 4.14. The maximum atomic E-state index is 12.8. The Morgan fingerprint density at radius 1 is 1.10 bits per heavy atom. The molecule has 0 atom stereocenters. The number of thiocarbonyl (C=S) groups is 1. The number of carbonyl (C=O) groups is 3. The number of allylic oxidation sites excluding steroid dienone is 2. The molecule has 2 amide bonds. The highest BCUT2D eigenvalue weighted by Crippen LogP contribution is 2.21. The van der Waals surface area contributed by atoms with Gasteiger partial charge in [-0.1, -0.05) is 24.3 Å². The lowest BCUT2D eigenvalue weighted by Gasteiger charge is -2.28. The summed E-state index contributed by atoms with van der Waals surface area (Å²) in [4.78, 5) is 37.2. The lowest BCUT2D eigenvalue weighted by atomic mass is 10.1. The summed E-state index contributed by atoms with van der Waals surface area (Å²) in [5.41, 5.74) is 1.20. The van der Waals surface area contributed by atoms with Gasteiger partial charge >= 0.3 is 5.97 Å². The van der Waals surface area contributed by atoms with Gasteiger partial charge in [-0.2, -0.15) is 0 Å². The number of methoxy groups -OCH3 is 1. The van der Waals surface area contributed by atoms with Gasteiger partial charge in [0.2, 0.25) is 0 Å². The van der Waals surface area contributed by atoms with Crippen molar-refractivity contribution in [2.75, 3.05) is 12.0 Å². The number of ether oxygens (including phenoxy) is 1. The lowest BCUT2D eigenvalue weighted by Crippen LogP contribution is -2.54. The zero-order chi connectivity index (χ0) is 21.0. The molecule has 0 spiro atoms. The van der Waals surface area contributed by atoms with Gasteiger partial charge in [0.15, 0.2) is 5.11 Å². The van der Waals surface area contributed by atoms with Crippen LogP contribution in [0.4, 0.5) is 5.69 Å². The average Bonchev–Trinajstić information content (AvgIpc) is 2.71. The summed E-state index contributed by atoms with van der Waals surface area (Å²) < 4.78 is 5.10. The van der Waals surface area contributed by atoms with E-state index < -0.39 is 17.8 Å². The number of anilines is 1. The molecule has 1 aliphatic rings. The van der Waals surface area contributed by atoms with E-state index in [1.54, 1.807) is 31.4 Å². The number of hydrogen-bond donors (Lipinski definition) is 2. The molecule has 1 saturated heterocycles. The molecule has 1 aliphatic heterocycles. The molecule has 0 saturated carbocycles. The van der Waals surface area contributed by atoms with E-state index in [1.807, 2.05) is 12.1 Å². The number of carboxylic acid groups (broad SMARTS) is 1. The fourth-order valence-corrected chi connectivity index (χ4v) is 2.92. The first kappa shape index (κ1) is 20.0. The van der Waals surface area contributed by atoms with E-state index in [4.69, 9.17) is 22.1 Å². The number of hydrogen-bond acceptors (Lipinski definition) is 5. The van der Waals surface area contributed by atoms with Crippen molar-refractivity contribution in [1.29, 1.82) is 0 Å². The quantitative estimate of drug-likeness (QED) is 0.449. The topological polar surface area (TPSA) is 95.9 Å². The van der Waals surface area contributed by atoms with Gasteiger partial charge in [-0.15, -0.1) is 0 Å². The molecule has 1 heterocycles. The van der Waals surface area contributed by atoms with E-state index in [1.165, 1.54) is 30.3 Å². The van der Waals surface area contributed by atoms with E-state index in [2.05, 4.69) is 5.32 Å². The van der Waals surface area contributed by atoms with E-state index >= 15 is 0 Å². The molecule has 8 heteroatoms. The molecule has 0 bridgehead atoms. The molecule has 1 fully saturated rings.